The summed E-state index contributed by atoms with van der Waals surface area (Å²) in [6.07, 6.45) is -4.60. The number of carbonyl (C=O) groups is 1. The van der Waals surface area contributed by atoms with E-state index < -0.39 is 43.4 Å². The van der Waals surface area contributed by atoms with Crippen LogP contribution in [0.5, 0.6) is 0 Å². The fourth-order valence-corrected chi connectivity index (χ4v) is 3.60. The zero-order valence-electron chi connectivity index (χ0n) is 16.9. The maximum Gasteiger partial charge on any atom is 0.501 e. The average molecular weight is 505 g/mol. The van der Waals surface area contributed by atoms with E-state index in [9.17, 15) is 44.8 Å². The predicted octanol–water partition coefficient (Wildman–Crippen LogP) is 3.46. The summed E-state index contributed by atoms with van der Waals surface area (Å²) in [5.74, 6) is -0.920. The van der Waals surface area contributed by atoms with Crippen LogP contribution in [0.15, 0.2) is 47.4 Å². The summed E-state index contributed by atoms with van der Waals surface area (Å²) in [4.78, 5) is 12.3. The Morgan fingerprint density at radius 2 is 1.62 bits per heavy atom. The van der Waals surface area contributed by atoms with Crippen molar-refractivity contribution in [2.75, 3.05) is 0 Å². The highest BCUT2D eigenvalue weighted by molar-refractivity contribution is 7.92. The van der Waals surface area contributed by atoms with E-state index in [1.54, 1.807) is 6.07 Å². The molecule has 0 saturated heterocycles. The zero-order valence-corrected chi connectivity index (χ0v) is 17.8. The number of nitrogens with one attached hydrogen (secondary N) is 1. The van der Waals surface area contributed by atoms with Gasteiger partial charge in [0, 0.05) is 5.56 Å². The minimum atomic E-state index is -5.60. The lowest BCUT2D eigenvalue weighted by molar-refractivity contribution is -0.137. The van der Waals surface area contributed by atoms with Gasteiger partial charge < -0.3 is 5.32 Å². The largest absolute Gasteiger partial charge is 0.501 e. The predicted molar refractivity (Wildman–Crippen MR) is 104 cm³/mol. The molecule has 3 rings (SSSR count). The number of alkyl halides is 6. The number of sulfone groups is 1. The summed E-state index contributed by atoms with van der Waals surface area (Å²) in [5.41, 5.74) is -8.37. The molecule has 0 fully saturated rings. The fourth-order valence-electron chi connectivity index (χ4n) is 2.83. The van der Waals surface area contributed by atoms with Crippen molar-refractivity contribution in [3.63, 3.8) is 0 Å². The average Bonchev–Trinajstić information content (AvgIpc) is 3.13. The molecule has 34 heavy (non-hydrogen) atoms. The van der Waals surface area contributed by atoms with Gasteiger partial charge >= 0.3 is 11.7 Å². The first-order chi connectivity index (χ1) is 15.6. The molecule has 0 aliphatic heterocycles. The number of amides is 1. The molecule has 1 aromatic heterocycles. The number of nitriles is 1. The molecule has 0 radical (unpaired) electrons. The van der Waals surface area contributed by atoms with Crippen molar-refractivity contribution < 1.29 is 39.6 Å². The number of benzene rings is 2. The summed E-state index contributed by atoms with van der Waals surface area (Å²) in [5, 5.41) is 19.7. The fraction of sp³-hybridized carbons (Fsp3) is 0.263. The van der Waals surface area contributed by atoms with Crippen molar-refractivity contribution in [3.05, 3.63) is 53.6 Å². The van der Waals surface area contributed by atoms with E-state index in [2.05, 4.69) is 15.5 Å². The van der Waals surface area contributed by atoms with Gasteiger partial charge in [-0.3, -0.25) is 4.79 Å². The Kier molecular flexibility index (Phi) is 6.08. The molecule has 1 N–H and O–H groups in total. The van der Waals surface area contributed by atoms with E-state index in [0.717, 1.165) is 35.1 Å². The van der Waals surface area contributed by atoms with Crippen LogP contribution < -0.4 is 5.32 Å². The summed E-state index contributed by atoms with van der Waals surface area (Å²) in [6.45, 7) is 0.883. The van der Waals surface area contributed by atoms with Gasteiger partial charge in [0.2, 0.25) is 0 Å². The van der Waals surface area contributed by atoms with Crippen LogP contribution in [0.25, 0.3) is 11.0 Å². The van der Waals surface area contributed by atoms with Crippen molar-refractivity contribution in [1.82, 2.24) is 20.3 Å². The monoisotopic (exact) mass is 505 g/mol. The van der Waals surface area contributed by atoms with Gasteiger partial charge in [-0.2, -0.15) is 46.6 Å². The van der Waals surface area contributed by atoms with Gasteiger partial charge in [-0.25, -0.2) is 8.42 Å². The van der Waals surface area contributed by atoms with Crippen LogP contribution in [0.4, 0.5) is 26.3 Å². The third kappa shape index (κ3) is 4.96. The maximum absolute atomic E-state index is 12.9. The quantitative estimate of drug-likeness (QED) is 0.531. The van der Waals surface area contributed by atoms with Crippen LogP contribution in [0, 0.1) is 11.3 Å². The highest BCUT2D eigenvalue weighted by Crippen LogP contribution is 2.31. The molecule has 1 amide bonds. The van der Waals surface area contributed by atoms with E-state index in [1.807, 2.05) is 0 Å². The van der Waals surface area contributed by atoms with Crippen LogP contribution in [0.3, 0.4) is 0 Å². The van der Waals surface area contributed by atoms with Crippen LogP contribution >= 0.6 is 0 Å². The summed E-state index contributed by atoms with van der Waals surface area (Å²) in [6, 6.07) is 7.37. The zero-order chi connectivity index (χ0) is 25.5. The number of carbonyl (C=O) groups excluding carboxylic acids is 1. The molecule has 1 unspecified atom stereocenters. The Hall–Kier alpha value is -3.67. The second-order valence-corrected chi connectivity index (χ2v) is 9.24. The van der Waals surface area contributed by atoms with Gasteiger partial charge in [0.25, 0.3) is 15.7 Å². The minimum Gasteiger partial charge on any atom is -0.332 e. The maximum atomic E-state index is 12.9. The minimum absolute atomic E-state index is 0.0945. The highest BCUT2D eigenvalue weighted by atomic mass is 32.2. The number of nitrogens with zero attached hydrogens (tertiary/aromatic N) is 4. The molecule has 3 aromatic rings. The Bertz CT molecular complexity index is 1390. The van der Waals surface area contributed by atoms with Gasteiger partial charge in [0.15, 0.2) is 0 Å². The summed E-state index contributed by atoms with van der Waals surface area (Å²) >= 11 is 0. The third-order valence-electron chi connectivity index (χ3n) is 4.57. The number of hydrogen-bond acceptors (Lipinski definition) is 6. The first kappa shape index (κ1) is 25.0. The lowest BCUT2D eigenvalue weighted by Crippen LogP contribution is -2.48. The van der Waals surface area contributed by atoms with Crippen molar-refractivity contribution >= 4 is 26.8 Å². The Morgan fingerprint density at radius 3 is 2.15 bits per heavy atom. The first-order valence-corrected chi connectivity index (χ1v) is 10.6. The van der Waals surface area contributed by atoms with E-state index in [1.165, 1.54) is 6.92 Å². The first-order valence-electron chi connectivity index (χ1n) is 9.13. The number of aromatic nitrogens is 3. The van der Waals surface area contributed by atoms with Crippen LogP contribution in [0.1, 0.15) is 22.8 Å². The Morgan fingerprint density at radius 1 is 1.03 bits per heavy atom. The standard InChI is InChI=1S/C19H13F6N5O3S/c1-17(9-26,10-30-28-14-7-4-12(18(20,21)22)8-15(14)29-30)27-16(31)11-2-5-13(6-3-11)34(32,33)19(23,24)25/h2-8H,10H2,1H3,(H,27,31). The highest BCUT2D eigenvalue weighted by Gasteiger charge is 2.46. The molecule has 2 aromatic carbocycles. The lowest BCUT2D eigenvalue weighted by Gasteiger charge is -2.22. The topological polar surface area (TPSA) is 118 Å². The molecule has 180 valence electrons. The Labute approximate surface area is 187 Å². The van der Waals surface area contributed by atoms with E-state index in [4.69, 9.17) is 0 Å². The van der Waals surface area contributed by atoms with Crippen molar-refractivity contribution in [2.45, 2.75) is 35.6 Å². The molecule has 1 atom stereocenters. The molecule has 8 nitrogen and oxygen atoms in total. The van der Waals surface area contributed by atoms with Gasteiger partial charge in [0.1, 0.15) is 16.6 Å². The number of hydrogen-bond donors (Lipinski definition) is 1. The van der Waals surface area contributed by atoms with Crippen molar-refractivity contribution in [2.24, 2.45) is 0 Å². The number of rotatable bonds is 5. The number of halogens is 6. The second-order valence-electron chi connectivity index (χ2n) is 7.30. The lowest BCUT2D eigenvalue weighted by atomic mass is 10.0. The molecule has 0 saturated carbocycles. The Balaban J connectivity index is 1.80. The summed E-state index contributed by atoms with van der Waals surface area (Å²) < 4.78 is 99.3. The van der Waals surface area contributed by atoms with Gasteiger partial charge in [-0.15, -0.1) is 0 Å². The van der Waals surface area contributed by atoms with Crippen LogP contribution in [-0.2, 0) is 22.6 Å². The van der Waals surface area contributed by atoms with E-state index in [-0.39, 0.29) is 23.1 Å². The SMILES string of the molecule is CC(C#N)(Cn1nc2ccc(C(F)(F)F)cc2n1)NC(=O)c1ccc(S(=O)(=O)C(F)(F)F)cc1. The van der Waals surface area contributed by atoms with Crippen molar-refractivity contribution in [3.8, 4) is 6.07 Å². The number of fused-ring (bicyclic) bond motifs is 1. The smallest absolute Gasteiger partial charge is 0.332 e. The van der Waals surface area contributed by atoms with E-state index in [0.29, 0.717) is 12.1 Å². The van der Waals surface area contributed by atoms with Gasteiger partial charge in [-0.05, 0) is 49.4 Å². The molecular formula is C19H13F6N5O3S. The van der Waals surface area contributed by atoms with Crippen LogP contribution in [0.2, 0.25) is 0 Å². The van der Waals surface area contributed by atoms with Gasteiger partial charge in [-0.1, -0.05) is 0 Å². The molecule has 0 aliphatic carbocycles. The molecule has 0 bridgehead atoms. The molecule has 15 heteroatoms. The third-order valence-corrected chi connectivity index (χ3v) is 6.08. The van der Waals surface area contributed by atoms with E-state index >= 15 is 0 Å². The normalized spacial score (nSPS) is 14.4. The molecule has 0 aliphatic rings. The molecular weight excluding hydrogens is 492 g/mol. The molecule has 1 heterocycles. The summed E-state index contributed by atoms with van der Waals surface area (Å²) in [7, 11) is -5.60. The van der Waals surface area contributed by atoms with Gasteiger partial charge in [0.05, 0.1) is 23.1 Å². The second kappa shape index (κ2) is 8.28. The van der Waals surface area contributed by atoms with Crippen LogP contribution in [-0.4, -0.2) is 40.4 Å². The van der Waals surface area contributed by atoms with Crippen molar-refractivity contribution in [1.29, 1.82) is 5.26 Å². The molecule has 0 spiro atoms.